The highest BCUT2D eigenvalue weighted by Crippen LogP contribution is 2.49. The summed E-state index contributed by atoms with van der Waals surface area (Å²) in [6, 6.07) is 15.0. The van der Waals surface area contributed by atoms with Crippen LogP contribution in [0, 0.1) is 71.0 Å². The van der Waals surface area contributed by atoms with Crippen LogP contribution in [0.4, 0.5) is 0 Å². The Kier molecular flexibility index (Phi) is 48.4. The van der Waals surface area contributed by atoms with Crippen LogP contribution in [0.15, 0.2) is 36.4 Å². The lowest BCUT2D eigenvalue weighted by Gasteiger charge is -2.12. The number of rotatable bonds is 58. The van der Waals surface area contributed by atoms with Crippen molar-refractivity contribution in [2.24, 2.45) is 0 Å². The Balaban J connectivity index is 1.61. The molecule has 3 heteroatoms. The number of hydrogen-bond acceptors (Lipinski definition) is 0. The summed E-state index contributed by atoms with van der Waals surface area (Å²) in [5, 5.41) is 7.82. The van der Waals surface area contributed by atoms with Gasteiger partial charge in [0.05, 0.1) is 27.6 Å². The van der Waals surface area contributed by atoms with E-state index in [0.717, 1.165) is 142 Å². The summed E-state index contributed by atoms with van der Waals surface area (Å²) in [6.07, 6.45) is 77.1. The minimum Gasteiger partial charge on any atom is -0.354 e. The van der Waals surface area contributed by atoms with E-state index in [4.69, 9.17) is 0 Å². The van der Waals surface area contributed by atoms with Crippen LogP contribution in [0.3, 0.4) is 0 Å². The fraction of sp³-hybridized carbons (Fsp3) is 0.667. The van der Waals surface area contributed by atoms with Crippen LogP contribution in [-0.4, -0.2) is 14.1 Å². The van der Waals surface area contributed by atoms with E-state index < -0.39 is 0 Å². The lowest BCUT2D eigenvalue weighted by molar-refractivity contribution is 0.541. The lowest BCUT2D eigenvalue weighted by Crippen LogP contribution is -2.01. The third-order valence-electron chi connectivity index (χ3n) is 23.8. The largest absolute Gasteiger partial charge is 0.354 e. The van der Waals surface area contributed by atoms with Gasteiger partial charge in [-0.05, 0) is 87.8 Å². The van der Waals surface area contributed by atoms with Gasteiger partial charge in [-0.15, -0.1) is 0 Å². The van der Waals surface area contributed by atoms with Gasteiger partial charge < -0.3 is 14.1 Å². The van der Waals surface area contributed by atoms with Gasteiger partial charge >= 0.3 is 0 Å². The Morgan fingerprint density at radius 3 is 0.694 bits per heavy atom. The first kappa shape index (κ1) is 91.8. The van der Waals surface area contributed by atoms with Gasteiger partial charge in [0.25, 0.3) is 0 Å². The highest BCUT2D eigenvalue weighted by Gasteiger charge is 2.28. The zero-order chi connectivity index (χ0) is 78.2. The molecule has 0 saturated heterocycles. The molecule has 0 aliphatic rings. The number of nitrogens with one attached hydrogen (secondary N) is 1. The maximum atomic E-state index is 4.37. The van der Waals surface area contributed by atoms with Gasteiger partial charge in [0.2, 0.25) is 0 Å². The molecule has 0 spiro atoms. The Morgan fingerprint density at radius 1 is 0.216 bits per heavy atom. The van der Waals surface area contributed by atoms with Crippen LogP contribution in [0.5, 0.6) is 0 Å². The topological polar surface area (TPSA) is 25.6 Å². The average Bonchev–Trinajstić information content (AvgIpc) is 1.52. The van der Waals surface area contributed by atoms with Crippen molar-refractivity contribution in [2.45, 2.75) is 467 Å². The molecule has 0 aliphatic carbocycles. The molecule has 7 aromatic rings. The van der Waals surface area contributed by atoms with Crippen molar-refractivity contribution in [1.82, 2.24) is 14.1 Å². The molecule has 7 rings (SSSR count). The van der Waals surface area contributed by atoms with Crippen LogP contribution < -0.4 is 0 Å². The molecule has 0 radical (unpaired) electrons. The number of aryl methyl sites for hydroxylation is 2. The molecule has 0 saturated carbocycles. The number of aromatic amines is 1. The van der Waals surface area contributed by atoms with E-state index in [1.165, 1.54) is 368 Å². The molecule has 606 valence electrons. The SMILES string of the molecule is CCCCCCCCC#Cc1cc2[nH]c3c4c5cc(C#CCCCCCCCC)c(C#CCCCCCCCC)cc5n(CCCCCCCCCCCC)c4c4c5cc(C#CCCCCCCCC)c(C#CCCCCCCCC)cc5n(CCCCCCCCCCCC)c4c3c2cc1C#CCCCCCCCC. The summed E-state index contributed by atoms with van der Waals surface area (Å²) in [5.41, 5.74) is 14.1. The van der Waals surface area contributed by atoms with Crippen molar-refractivity contribution < 1.29 is 0 Å². The molecule has 0 aliphatic heterocycles. The van der Waals surface area contributed by atoms with E-state index >= 15 is 0 Å². The molecule has 4 aromatic carbocycles. The van der Waals surface area contributed by atoms with Crippen LogP contribution in [0.2, 0.25) is 0 Å². The number of benzene rings is 4. The number of hydrogen-bond donors (Lipinski definition) is 1. The smallest absolute Gasteiger partial charge is 0.0614 e. The molecule has 1 N–H and O–H groups in total. The molecule has 0 amide bonds. The van der Waals surface area contributed by atoms with Gasteiger partial charge in [0.1, 0.15) is 0 Å². The van der Waals surface area contributed by atoms with Gasteiger partial charge in [0, 0.05) is 123 Å². The third-order valence-corrected chi connectivity index (χ3v) is 23.8. The standard InChI is InChI=1S/C108H159N3/c1-9-17-25-33-41-49-51-59-67-75-83-110-101-89-95(81-73-65-57-47-39-31-23-15-7)92(78-70-62-54-44-36-28-20-12-4)86-98(101)104-106-103(97-85-91(77-69-61-53-43-35-27-19-11-3)94(88-100(97)109-106)80-72-64-56-46-38-30-22-14-6)107-105(108(104)110)99-87-93(79-71-63-55-45-37-29-21-13-5)96(82-74-66-58-48-40-32-24-16-8)90-102(99)111(107)84-76-68-60-52-50-42-34-26-18-10-2/h85-90,109H,9-68,75-76,83-84H2,1-8H3. The molecule has 3 aromatic heterocycles. The number of H-pyrrole nitrogens is 1. The van der Waals surface area contributed by atoms with E-state index in [1.807, 2.05) is 0 Å². The summed E-state index contributed by atoms with van der Waals surface area (Å²) in [5.74, 6) is 46.0. The molecule has 0 fully saturated rings. The van der Waals surface area contributed by atoms with Gasteiger partial charge in [-0.1, -0.05) is 435 Å². The van der Waals surface area contributed by atoms with Crippen LogP contribution in [-0.2, 0) is 13.1 Å². The van der Waals surface area contributed by atoms with Crippen molar-refractivity contribution in [3.05, 3.63) is 69.8 Å². The van der Waals surface area contributed by atoms with Crippen molar-refractivity contribution in [3.8, 4) is 71.0 Å². The minimum absolute atomic E-state index is 0.906. The minimum atomic E-state index is 0.906. The Morgan fingerprint density at radius 2 is 0.423 bits per heavy atom. The van der Waals surface area contributed by atoms with Gasteiger partial charge in [0.15, 0.2) is 0 Å². The van der Waals surface area contributed by atoms with Crippen molar-refractivity contribution >= 4 is 65.4 Å². The van der Waals surface area contributed by atoms with Crippen molar-refractivity contribution in [1.29, 1.82) is 0 Å². The Labute approximate surface area is 682 Å². The highest BCUT2D eigenvalue weighted by atomic mass is 15.0. The molecule has 0 unspecified atom stereocenters. The number of fused-ring (bicyclic) bond motifs is 12. The normalized spacial score (nSPS) is 11.3. The molecule has 3 nitrogen and oxygen atoms in total. The third kappa shape index (κ3) is 32.5. The predicted octanol–water partition coefficient (Wildman–Crippen LogP) is 34.0. The Bertz CT molecular complexity index is 4090. The first-order valence-electron chi connectivity index (χ1n) is 48.0. The maximum absolute atomic E-state index is 4.37. The second-order valence-corrected chi connectivity index (χ2v) is 33.7. The fourth-order valence-corrected chi connectivity index (χ4v) is 17.0. The molecular weight excluding hydrogens is 1340 g/mol. The monoisotopic (exact) mass is 1500 g/mol. The summed E-state index contributed by atoms with van der Waals surface area (Å²) in [7, 11) is 0. The number of aromatic nitrogens is 3. The van der Waals surface area contributed by atoms with Crippen molar-refractivity contribution in [3.63, 3.8) is 0 Å². The fourth-order valence-electron chi connectivity index (χ4n) is 17.0. The quantitative estimate of drug-likeness (QED) is 0.0290. The average molecular weight is 1500 g/mol. The first-order chi connectivity index (χ1) is 55.0. The van der Waals surface area contributed by atoms with Crippen molar-refractivity contribution in [2.75, 3.05) is 0 Å². The van der Waals surface area contributed by atoms with E-state index in [2.05, 4.69) is 177 Å². The number of nitrogens with zero attached hydrogens (tertiary/aromatic N) is 2. The van der Waals surface area contributed by atoms with E-state index in [9.17, 15) is 0 Å². The summed E-state index contributed by atoms with van der Waals surface area (Å²) in [4.78, 5) is 4.37. The van der Waals surface area contributed by atoms with E-state index in [1.54, 1.807) is 0 Å². The second kappa shape index (κ2) is 58.5. The van der Waals surface area contributed by atoms with Gasteiger partial charge in [-0.2, -0.15) is 0 Å². The zero-order valence-electron chi connectivity index (χ0n) is 73.1. The highest BCUT2D eigenvalue weighted by molar-refractivity contribution is 6.39. The van der Waals surface area contributed by atoms with Crippen LogP contribution in [0.1, 0.15) is 487 Å². The number of unbranched alkanes of at least 4 members (excludes halogenated alkanes) is 54. The molecule has 111 heavy (non-hydrogen) atoms. The Hall–Kier alpha value is -6.36. The molecular formula is C108H159N3. The van der Waals surface area contributed by atoms with E-state index in [0.29, 0.717) is 0 Å². The molecule has 0 atom stereocenters. The second-order valence-electron chi connectivity index (χ2n) is 33.7. The van der Waals surface area contributed by atoms with Gasteiger partial charge in [-0.3, -0.25) is 0 Å². The molecule has 3 heterocycles. The van der Waals surface area contributed by atoms with Crippen LogP contribution in [0.25, 0.3) is 65.4 Å². The summed E-state index contributed by atoms with van der Waals surface area (Å²) >= 11 is 0. The zero-order valence-corrected chi connectivity index (χ0v) is 73.1. The van der Waals surface area contributed by atoms with Crippen LogP contribution >= 0.6 is 0 Å². The maximum Gasteiger partial charge on any atom is 0.0614 e. The lowest BCUT2D eigenvalue weighted by atomic mass is 9.97. The van der Waals surface area contributed by atoms with E-state index in [-0.39, 0.29) is 0 Å². The molecule has 0 bridgehead atoms. The predicted molar refractivity (Wildman–Crippen MR) is 495 cm³/mol. The first-order valence-corrected chi connectivity index (χ1v) is 48.0. The van der Waals surface area contributed by atoms with Gasteiger partial charge in [-0.25, -0.2) is 0 Å². The summed E-state index contributed by atoms with van der Waals surface area (Å²) in [6.45, 7) is 20.4. The summed E-state index contributed by atoms with van der Waals surface area (Å²) < 4.78 is 5.63.